The molecule has 0 aliphatic carbocycles. The second kappa shape index (κ2) is 10.6. The molecule has 1 aromatic heterocycles. The van der Waals surface area contributed by atoms with Crippen LogP contribution in [0.15, 0.2) is 61.7 Å². The maximum atomic E-state index is 4.51. The second-order valence-corrected chi connectivity index (χ2v) is 9.23. The molecular formula is C26H39N3. The van der Waals surface area contributed by atoms with Gasteiger partial charge in [-0.15, -0.1) is 18.3 Å². The second-order valence-electron chi connectivity index (χ2n) is 9.23. The Morgan fingerprint density at radius 3 is 2.41 bits per heavy atom. The van der Waals surface area contributed by atoms with Crippen molar-refractivity contribution in [2.24, 2.45) is 5.41 Å². The van der Waals surface area contributed by atoms with E-state index in [0.717, 1.165) is 36.7 Å². The van der Waals surface area contributed by atoms with E-state index < -0.39 is 0 Å². The number of unbranched alkanes of at least 4 members (excludes halogenated alkanes) is 5. The summed E-state index contributed by atoms with van der Waals surface area (Å²) in [4.78, 5) is 0. The third kappa shape index (κ3) is 6.16. The van der Waals surface area contributed by atoms with Crippen LogP contribution >= 0.6 is 0 Å². The Morgan fingerprint density at radius 2 is 1.69 bits per heavy atom. The lowest BCUT2D eigenvalue weighted by Gasteiger charge is -2.39. The van der Waals surface area contributed by atoms with Gasteiger partial charge in [-0.3, -0.25) is 0 Å². The van der Waals surface area contributed by atoms with Crippen LogP contribution in [0.3, 0.4) is 0 Å². The highest BCUT2D eigenvalue weighted by Crippen LogP contribution is 2.43. The number of aromatic nitrogens is 3. The number of rotatable bonds is 14. The van der Waals surface area contributed by atoms with Gasteiger partial charge in [-0.1, -0.05) is 67.8 Å². The molecule has 0 saturated carbocycles. The van der Waals surface area contributed by atoms with Gasteiger partial charge in [0.15, 0.2) is 0 Å². The molecule has 1 heterocycles. The molecule has 2 aromatic rings. The monoisotopic (exact) mass is 393 g/mol. The van der Waals surface area contributed by atoms with Crippen LogP contribution in [-0.4, -0.2) is 15.0 Å². The van der Waals surface area contributed by atoms with E-state index in [-0.39, 0.29) is 11.0 Å². The molecule has 0 saturated heterocycles. The van der Waals surface area contributed by atoms with Gasteiger partial charge in [-0.25, -0.2) is 4.68 Å². The highest BCUT2D eigenvalue weighted by atomic mass is 15.4. The summed E-state index contributed by atoms with van der Waals surface area (Å²) in [5.74, 6) is 0. The molecule has 0 radical (unpaired) electrons. The predicted molar refractivity (Wildman–Crippen MR) is 126 cm³/mol. The standard InChI is InChI=1S/C26H39N3/c1-7-9-10-11-12-13-14-17-22(3)26(6,20-8-2)21-25(4,5)29-24-19-16-15-18-23(24)27-28-29/h7-8,15-16,18-19H,1-3,9-14,17,20-21H2,4-6H3. The zero-order valence-corrected chi connectivity index (χ0v) is 18.8. The van der Waals surface area contributed by atoms with Crippen molar-refractivity contribution in [1.29, 1.82) is 0 Å². The first kappa shape index (κ1) is 23.1. The predicted octanol–water partition coefficient (Wildman–Crippen LogP) is 7.61. The fourth-order valence-electron chi connectivity index (χ4n) is 4.46. The number of hydrogen-bond acceptors (Lipinski definition) is 2. The van der Waals surface area contributed by atoms with Gasteiger partial charge in [0.1, 0.15) is 5.52 Å². The number of fused-ring (bicyclic) bond motifs is 1. The fourth-order valence-corrected chi connectivity index (χ4v) is 4.46. The molecular weight excluding hydrogens is 354 g/mol. The summed E-state index contributed by atoms with van der Waals surface area (Å²) >= 11 is 0. The van der Waals surface area contributed by atoms with Gasteiger partial charge >= 0.3 is 0 Å². The van der Waals surface area contributed by atoms with Crippen LogP contribution in [0.1, 0.15) is 78.6 Å². The molecule has 0 aliphatic rings. The van der Waals surface area contributed by atoms with Crippen molar-refractivity contribution >= 4 is 11.0 Å². The summed E-state index contributed by atoms with van der Waals surface area (Å²) in [7, 11) is 0. The van der Waals surface area contributed by atoms with Gasteiger partial charge in [0.2, 0.25) is 0 Å². The fraction of sp³-hybridized carbons (Fsp3) is 0.538. The highest BCUT2D eigenvalue weighted by molar-refractivity contribution is 5.74. The molecule has 158 valence electrons. The number of hydrogen-bond donors (Lipinski definition) is 0. The number of allylic oxidation sites excluding steroid dienone is 3. The van der Waals surface area contributed by atoms with E-state index in [2.05, 4.69) is 67.6 Å². The average molecular weight is 394 g/mol. The van der Waals surface area contributed by atoms with Gasteiger partial charge in [0, 0.05) is 0 Å². The first-order valence-corrected chi connectivity index (χ1v) is 11.0. The molecule has 3 nitrogen and oxygen atoms in total. The summed E-state index contributed by atoms with van der Waals surface area (Å²) < 4.78 is 2.08. The highest BCUT2D eigenvalue weighted by Gasteiger charge is 2.36. The zero-order chi connectivity index (χ0) is 21.3. The van der Waals surface area contributed by atoms with Crippen molar-refractivity contribution in [3.63, 3.8) is 0 Å². The van der Waals surface area contributed by atoms with E-state index in [4.69, 9.17) is 0 Å². The smallest absolute Gasteiger partial charge is 0.113 e. The third-order valence-electron chi connectivity index (χ3n) is 6.08. The Hall–Kier alpha value is -2.16. The molecule has 0 spiro atoms. The molecule has 1 aromatic carbocycles. The van der Waals surface area contributed by atoms with Crippen molar-refractivity contribution in [2.75, 3.05) is 0 Å². The van der Waals surface area contributed by atoms with Crippen LogP contribution < -0.4 is 0 Å². The van der Waals surface area contributed by atoms with Gasteiger partial charge < -0.3 is 0 Å². The molecule has 1 unspecified atom stereocenters. The summed E-state index contributed by atoms with van der Waals surface area (Å²) in [6.45, 7) is 19.2. The SMILES string of the molecule is C=CCCCCCCCC(=C)C(C)(CC=C)CC(C)(C)n1nnc2ccccc21. The first-order chi connectivity index (χ1) is 13.8. The van der Waals surface area contributed by atoms with Crippen molar-refractivity contribution in [3.8, 4) is 0 Å². The van der Waals surface area contributed by atoms with E-state index in [1.807, 2.05) is 24.3 Å². The summed E-state index contributed by atoms with van der Waals surface area (Å²) in [6, 6.07) is 8.18. The molecule has 0 amide bonds. The number of para-hydroxylation sites is 1. The minimum Gasteiger partial charge on any atom is -0.239 e. The maximum Gasteiger partial charge on any atom is 0.113 e. The van der Waals surface area contributed by atoms with Crippen molar-refractivity contribution in [3.05, 3.63) is 61.7 Å². The van der Waals surface area contributed by atoms with Gasteiger partial charge in [0.25, 0.3) is 0 Å². The van der Waals surface area contributed by atoms with Gasteiger partial charge in [0.05, 0.1) is 11.1 Å². The average Bonchev–Trinajstić information content (AvgIpc) is 3.12. The van der Waals surface area contributed by atoms with E-state index in [1.165, 1.54) is 37.7 Å². The molecule has 0 fully saturated rings. The molecule has 29 heavy (non-hydrogen) atoms. The summed E-state index contributed by atoms with van der Waals surface area (Å²) in [6.07, 6.45) is 14.5. The largest absolute Gasteiger partial charge is 0.239 e. The Kier molecular flexibility index (Phi) is 8.43. The number of benzene rings is 1. The Bertz CT molecular complexity index is 814. The minimum absolute atomic E-state index is 0.00113. The molecule has 0 N–H and O–H groups in total. The Morgan fingerprint density at radius 1 is 1.00 bits per heavy atom. The van der Waals surface area contributed by atoms with Gasteiger partial charge in [-0.05, 0) is 69.9 Å². The normalized spacial score (nSPS) is 13.9. The van der Waals surface area contributed by atoms with Crippen LogP contribution in [0.5, 0.6) is 0 Å². The van der Waals surface area contributed by atoms with Crippen LogP contribution in [0.2, 0.25) is 0 Å². The van der Waals surface area contributed by atoms with Crippen LogP contribution in [0.25, 0.3) is 11.0 Å². The van der Waals surface area contributed by atoms with Crippen molar-refractivity contribution < 1.29 is 0 Å². The lowest BCUT2D eigenvalue weighted by Crippen LogP contribution is -2.35. The van der Waals surface area contributed by atoms with E-state index in [1.54, 1.807) is 0 Å². The molecule has 0 bridgehead atoms. The third-order valence-corrected chi connectivity index (χ3v) is 6.08. The Balaban J connectivity index is 2.03. The lowest BCUT2D eigenvalue weighted by atomic mass is 9.70. The molecule has 0 aliphatic heterocycles. The zero-order valence-electron chi connectivity index (χ0n) is 18.8. The van der Waals surface area contributed by atoms with Crippen LogP contribution in [0.4, 0.5) is 0 Å². The lowest BCUT2D eigenvalue weighted by molar-refractivity contribution is 0.196. The Labute approximate surface area is 177 Å². The van der Waals surface area contributed by atoms with Gasteiger partial charge in [-0.2, -0.15) is 0 Å². The van der Waals surface area contributed by atoms with Crippen molar-refractivity contribution in [2.45, 2.75) is 84.1 Å². The van der Waals surface area contributed by atoms with E-state index >= 15 is 0 Å². The van der Waals surface area contributed by atoms with Crippen LogP contribution in [-0.2, 0) is 5.54 Å². The molecule has 1 atom stereocenters. The first-order valence-electron chi connectivity index (χ1n) is 11.0. The summed E-state index contributed by atoms with van der Waals surface area (Å²) in [5, 5.41) is 8.85. The maximum absolute atomic E-state index is 4.51. The summed E-state index contributed by atoms with van der Waals surface area (Å²) in [5.41, 5.74) is 3.20. The van der Waals surface area contributed by atoms with Crippen molar-refractivity contribution in [1.82, 2.24) is 15.0 Å². The molecule has 3 heteroatoms. The van der Waals surface area contributed by atoms with E-state index in [9.17, 15) is 0 Å². The van der Waals surface area contributed by atoms with Crippen LogP contribution in [0, 0.1) is 5.41 Å². The quantitative estimate of drug-likeness (QED) is 0.244. The molecule has 2 rings (SSSR count). The topological polar surface area (TPSA) is 30.7 Å². The minimum atomic E-state index is -0.165. The number of nitrogens with zero attached hydrogens (tertiary/aromatic N) is 3. The van der Waals surface area contributed by atoms with E-state index in [0.29, 0.717) is 0 Å².